The summed E-state index contributed by atoms with van der Waals surface area (Å²) in [6.07, 6.45) is -7.57. The molecule has 2 bridgehead atoms. The molecule has 2 aliphatic heterocycles. The van der Waals surface area contributed by atoms with Gasteiger partial charge in [0.15, 0.2) is 5.78 Å². The molecule has 1 saturated carbocycles. The first-order chi connectivity index (χ1) is 18.7. The topological polar surface area (TPSA) is 93.1 Å². The lowest BCUT2D eigenvalue weighted by atomic mass is 9.81. The molecule has 6 rings (SSSR count). The average molecular weight is 589 g/mol. The van der Waals surface area contributed by atoms with E-state index in [9.17, 15) is 43.9 Å². The lowest BCUT2D eigenvalue weighted by Crippen LogP contribution is -2.41. The van der Waals surface area contributed by atoms with Gasteiger partial charge in [-0.2, -0.15) is 30.6 Å². The van der Waals surface area contributed by atoms with Crippen molar-refractivity contribution >= 4 is 15.8 Å². The second-order valence-electron chi connectivity index (χ2n) is 9.60. The van der Waals surface area contributed by atoms with E-state index in [4.69, 9.17) is 0 Å². The van der Waals surface area contributed by atoms with Crippen LogP contribution in [0.1, 0.15) is 36.2 Å². The van der Waals surface area contributed by atoms with Gasteiger partial charge in [-0.3, -0.25) is 9.78 Å². The molecule has 4 heterocycles. The molecular weight excluding hydrogens is 569 g/mol. The molecule has 1 atom stereocenters. The van der Waals surface area contributed by atoms with Crippen LogP contribution < -0.4 is 0 Å². The number of alkyl halides is 6. The van der Waals surface area contributed by atoms with Crippen LogP contribution in [0.5, 0.6) is 0 Å². The summed E-state index contributed by atoms with van der Waals surface area (Å²) in [5.41, 5.74) is -1.68. The smallest absolute Gasteiger partial charge is 0.298 e. The Hall–Kier alpha value is -3.46. The number of fused-ring (bicyclic) bond motifs is 1. The van der Waals surface area contributed by atoms with E-state index in [-0.39, 0.29) is 27.6 Å². The van der Waals surface area contributed by atoms with Crippen molar-refractivity contribution in [3.63, 3.8) is 0 Å². The van der Waals surface area contributed by atoms with E-state index in [1.165, 1.54) is 0 Å². The summed E-state index contributed by atoms with van der Waals surface area (Å²) in [5, 5.41) is 0. The van der Waals surface area contributed by atoms with Gasteiger partial charge in [0, 0.05) is 36.6 Å². The number of rotatable bonds is 7. The highest BCUT2D eigenvalue weighted by atomic mass is 32.2. The normalized spacial score (nSPS) is 21.3. The third kappa shape index (κ3) is 5.19. The highest BCUT2D eigenvalue weighted by molar-refractivity contribution is 7.89. The summed E-state index contributed by atoms with van der Waals surface area (Å²) < 4.78 is 120. The fraction of sp³-hybridized carbons (Fsp3) is 0.360. The Kier molecular flexibility index (Phi) is 6.93. The quantitative estimate of drug-likeness (QED) is 0.358. The molecule has 3 aliphatic rings. The van der Waals surface area contributed by atoms with Crippen LogP contribution in [-0.4, -0.2) is 45.5 Å². The van der Waals surface area contributed by atoms with E-state index in [0.717, 1.165) is 47.0 Å². The van der Waals surface area contributed by atoms with Gasteiger partial charge in [-0.25, -0.2) is 22.8 Å². The van der Waals surface area contributed by atoms with Gasteiger partial charge in [0.1, 0.15) is 5.82 Å². The SMILES string of the molecule is O=C(CCc1cc(-c2cnc(C(F)(F)F)nc2)ncc1C(F)(F)F)[C@@H]1C2CC(C2)N1S(=O)(=O)c1ccc(F)cc1. The molecule has 0 N–H and O–H groups in total. The van der Waals surface area contributed by atoms with Gasteiger partial charge in [-0.15, -0.1) is 0 Å². The number of ketones is 1. The van der Waals surface area contributed by atoms with Crippen LogP contribution >= 0.6 is 0 Å². The zero-order chi connectivity index (χ0) is 29.0. The van der Waals surface area contributed by atoms with Crippen LogP contribution in [0, 0.1) is 11.7 Å². The lowest BCUT2D eigenvalue weighted by molar-refractivity contribution is -0.145. The molecule has 1 aromatic carbocycles. The molecule has 7 nitrogen and oxygen atoms in total. The molecule has 3 fully saturated rings. The van der Waals surface area contributed by atoms with Crippen molar-refractivity contribution in [2.24, 2.45) is 5.92 Å². The highest BCUT2D eigenvalue weighted by Crippen LogP contribution is 2.49. The first kappa shape index (κ1) is 28.1. The second-order valence-corrected chi connectivity index (χ2v) is 11.4. The monoisotopic (exact) mass is 588 g/mol. The second kappa shape index (κ2) is 9.87. The minimum Gasteiger partial charge on any atom is -0.298 e. The Bertz CT molecular complexity index is 1540. The number of aromatic nitrogens is 3. The van der Waals surface area contributed by atoms with Crippen molar-refractivity contribution in [1.82, 2.24) is 19.3 Å². The van der Waals surface area contributed by atoms with Crippen LogP contribution in [0.25, 0.3) is 11.3 Å². The molecule has 0 spiro atoms. The number of benzene rings is 1. The average Bonchev–Trinajstić information content (AvgIpc) is 3.44. The highest BCUT2D eigenvalue weighted by Gasteiger charge is 2.58. The van der Waals surface area contributed by atoms with E-state index >= 15 is 0 Å². The van der Waals surface area contributed by atoms with Crippen LogP contribution in [0.3, 0.4) is 0 Å². The third-order valence-electron chi connectivity index (χ3n) is 7.09. The van der Waals surface area contributed by atoms with Crippen molar-refractivity contribution in [3.05, 3.63) is 71.7 Å². The minimum atomic E-state index is -4.84. The molecule has 0 unspecified atom stereocenters. The van der Waals surface area contributed by atoms with Gasteiger partial charge in [0.2, 0.25) is 15.8 Å². The summed E-state index contributed by atoms with van der Waals surface area (Å²) in [6.45, 7) is 0. The molecule has 3 aromatic rings. The van der Waals surface area contributed by atoms with Crippen molar-refractivity contribution < 1.29 is 43.9 Å². The predicted molar refractivity (Wildman–Crippen MR) is 124 cm³/mol. The van der Waals surface area contributed by atoms with E-state index in [1.54, 1.807) is 0 Å². The maximum absolute atomic E-state index is 13.7. The Morgan fingerprint density at radius 2 is 1.55 bits per heavy atom. The molecule has 2 saturated heterocycles. The van der Waals surface area contributed by atoms with Gasteiger partial charge >= 0.3 is 12.4 Å². The standard InChI is InChI=1S/C25H19F7N4O3S/c26-16-2-4-18(5-3-16)40(38,39)36-17-7-14(8-17)22(36)21(37)6-1-13-9-20(33-12-19(13)24(27,28)29)15-10-34-23(35-11-15)25(30,31)32/h2-5,9-12,14,17,22H,1,6-8H2/t14?,17?,22-/m0/s1. The van der Waals surface area contributed by atoms with E-state index < -0.39 is 70.3 Å². The van der Waals surface area contributed by atoms with Crippen LogP contribution in [-0.2, 0) is 33.6 Å². The van der Waals surface area contributed by atoms with Gasteiger partial charge < -0.3 is 0 Å². The van der Waals surface area contributed by atoms with E-state index in [2.05, 4.69) is 15.0 Å². The number of pyridine rings is 1. The Balaban J connectivity index is 1.39. The fourth-order valence-electron chi connectivity index (χ4n) is 5.14. The Labute approximate surface area is 223 Å². The van der Waals surface area contributed by atoms with Crippen LogP contribution in [0.2, 0.25) is 0 Å². The largest absolute Gasteiger partial charge is 0.451 e. The van der Waals surface area contributed by atoms with Crippen LogP contribution in [0.4, 0.5) is 30.7 Å². The molecule has 212 valence electrons. The van der Waals surface area contributed by atoms with Gasteiger partial charge in [-0.1, -0.05) is 0 Å². The van der Waals surface area contributed by atoms with Gasteiger partial charge in [-0.05, 0) is 61.1 Å². The van der Waals surface area contributed by atoms with Crippen molar-refractivity contribution in [2.75, 3.05) is 0 Å². The Morgan fingerprint density at radius 1 is 0.925 bits per heavy atom. The molecule has 2 aromatic heterocycles. The van der Waals surface area contributed by atoms with Crippen LogP contribution in [0.15, 0.2) is 53.8 Å². The predicted octanol–water partition coefficient (Wildman–Crippen LogP) is 5.07. The van der Waals surface area contributed by atoms with Crippen molar-refractivity contribution in [3.8, 4) is 11.3 Å². The number of halogens is 7. The maximum atomic E-state index is 13.7. The number of carbonyl (C=O) groups excluding carboxylic acids is 1. The molecule has 1 aliphatic carbocycles. The van der Waals surface area contributed by atoms with E-state index in [1.807, 2.05) is 0 Å². The summed E-state index contributed by atoms with van der Waals surface area (Å²) in [6, 6.07) is 3.62. The maximum Gasteiger partial charge on any atom is 0.451 e. The molecule has 15 heteroatoms. The lowest BCUT2D eigenvalue weighted by Gasteiger charge is -2.25. The van der Waals surface area contributed by atoms with Gasteiger partial charge in [0.25, 0.3) is 0 Å². The first-order valence-corrected chi connectivity index (χ1v) is 13.4. The third-order valence-corrected chi connectivity index (χ3v) is 9.03. The van der Waals surface area contributed by atoms with Crippen molar-refractivity contribution in [2.45, 2.75) is 55.0 Å². The number of nitrogens with zero attached hydrogens (tertiary/aromatic N) is 4. The molecule has 0 radical (unpaired) electrons. The zero-order valence-corrected chi connectivity index (χ0v) is 21.1. The summed E-state index contributed by atoms with van der Waals surface area (Å²) in [5.74, 6) is -2.92. The fourth-order valence-corrected chi connectivity index (χ4v) is 7.02. The Morgan fingerprint density at radius 3 is 2.12 bits per heavy atom. The summed E-state index contributed by atoms with van der Waals surface area (Å²) in [4.78, 5) is 23.1. The number of sulfonamides is 1. The molecule has 0 amide bonds. The zero-order valence-electron chi connectivity index (χ0n) is 20.2. The first-order valence-electron chi connectivity index (χ1n) is 11.9. The summed E-state index contributed by atoms with van der Waals surface area (Å²) >= 11 is 0. The molecule has 40 heavy (non-hydrogen) atoms. The number of aryl methyl sites for hydroxylation is 1. The summed E-state index contributed by atoms with van der Waals surface area (Å²) in [7, 11) is -4.17. The minimum absolute atomic E-state index is 0.0671. The number of hydrogen-bond donors (Lipinski definition) is 0. The number of hydrogen-bond acceptors (Lipinski definition) is 6. The number of Topliss-reactive ketones (excluding diaryl/α,β-unsaturated/α-hetero) is 1. The molecular formula is C25H19F7N4O3S. The van der Waals surface area contributed by atoms with Crippen molar-refractivity contribution in [1.29, 1.82) is 0 Å². The van der Waals surface area contributed by atoms with Gasteiger partial charge in [0.05, 0.1) is 22.2 Å². The number of carbonyl (C=O) groups is 1. The van der Waals surface area contributed by atoms with E-state index in [0.29, 0.717) is 19.0 Å².